The van der Waals surface area contributed by atoms with E-state index in [9.17, 15) is 9.90 Å². The molecule has 1 heterocycles. The second-order valence-corrected chi connectivity index (χ2v) is 6.21. The predicted molar refractivity (Wildman–Crippen MR) is 91.7 cm³/mol. The van der Waals surface area contributed by atoms with Crippen LogP contribution in [0.1, 0.15) is 55.6 Å². The third-order valence-electron chi connectivity index (χ3n) is 4.61. The number of aliphatic hydroxyl groups is 1. The highest BCUT2D eigenvalue weighted by atomic mass is 16.5. The molecule has 2 aromatic rings. The average Bonchev–Trinajstić information content (AvgIpc) is 2.92. The Hall–Kier alpha value is -2.14. The smallest absolute Gasteiger partial charge is 0.359 e. The molecule has 5 nitrogen and oxygen atoms in total. The highest BCUT2D eigenvalue weighted by Gasteiger charge is 2.29. The number of carbonyl (C=O) groups is 1. The zero-order valence-corrected chi connectivity index (χ0v) is 14.0. The minimum absolute atomic E-state index is 0.0571. The molecule has 1 aromatic heterocycles. The van der Waals surface area contributed by atoms with Gasteiger partial charge < -0.3 is 14.4 Å². The molecule has 0 aliphatic heterocycles. The Labute approximate surface area is 142 Å². The lowest BCUT2D eigenvalue weighted by Crippen LogP contribution is -2.23. The van der Waals surface area contributed by atoms with Crippen molar-refractivity contribution in [2.24, 2.45) is 0 Å². The third-order valence-corrected chi connectivity index (χ3v) is 4.61. The molecule has 0 bridgehead atoms. The number of hydrogen-bond acceptors (Lipinski definition) is 4. The predicted octanol–water partition coefficient (Wildman–Crippen LogP) is 3.59. The second-order valence-electron chi connectivity index (χ2n) is 6.21. The maximum absolute atomic E-state index is 12.3. The molecule has 0 saturated heterocycles. The van der Waals surface area contributed by atoms with Gasteiger partial charge in [0.25, 0.3) is 0 Å². The minimum atomic E-state index is -0.418. The molecule has 24 heavy (non-hydrogen) atoms. The van der Waals surface area contributed by atoms with Gasteiger partial charge in [-0.15, -0.1) is 0 Å². The quantitative estimate of drug-likeness (QED) is 0.688. The number of imidazole rings is 1. The summed E-state index contributed by atoms with van der Waals surface area (Å²) in [5, 5.41) is 10.6. The summed E-state index contributed by atoms with van der Waals surface area (Å²) in [6, 6.07) is 9.67. The first-order chi connectivity index (χ1) is 11.7. The number of nitrogens with zero attached hydrogens (tertiary/aromatic N) is 2. The van der Waals surface area contributed by atoms with Crippen LogP contribution in [0.2, 0.25) is 0 Å². The van der Waals surface area contributed by atoms with Crippen molar-refractivity contribution in [2.75, 3.05) is 6.61 Å². The Morgan fingerprint density at radius 1 is 1.25 bits per heavy atom. The molecule has 1 fully saturated rings. The highest BCUT2D eigenvalue weighted by Crippen LogP contribution is 2.33. The number of benzene rings is 1. The molecule has 3 rings (SSSR count). The minimum Gasteiger partial charge on any atom is -0.461 e. The normalized spacial score (nSPS) is 21.2. The molecule has 0 spiro atoms. The standard InChI is InChI=1S/C19H24N2O3/c1-2-24-19(23)17-18(14-9-5-3-6-10-14)21(13-20-17)15-11-7-4-8-12-16(15)22/h3,5-6,9-10,13,15-16,22H,2,4,7-8,11-12H2,1H3/t15-,16-/m1/s1. The van der Waals surface area contributed by atoms with Crippen molar-refractivity contribution in [3.63, 3.8) is 0 Å². The SMILES string of the molecule is CCOC(=O)c1ncn([C@@H]2CCCCC[C@H]2O)c1-c1ccccc1. The summed E-state index contributed by atoms with van der Waals surface area (Å²) < 4.78 is 7.13. The Bertz CT molecular complexity index is 681. The molecule has 1 N–H and O–H groups in total. The maximum Gasteiger partial charge on any atom is 0.359 e. The molecular weight excluding hydrogens is 304 g/mol. The lowest BCUT2D eigenvalue weighted by molar-refractivity contribution is 0.0520. The first-order valence-electron chi connectivity index (χ1n) is 8.69. The van der Waals surface area contributed by atoms with Gasteiger partial charge in [0.05, 0.1) is 30.8 Å². The summed E-state index contributed by atoms with van der Waals surface area (Å²) in [6.07, 6.45) is 6.17. The van der Waals surface area contributed by atoms with E-state index >= 15 is 0 Å². The summed E-state index contributed by atoms with van der Waals surface area (Å²) in [4.78, 5) is 16.7. The van der Waals surface area contributed by atoms with Crippen LogP contribution in [0.5, 0.6) is 0 Å². The molecule has 128 valence electrons. The van der Waals surface area contributed by atoms with E-state index in [1.165, 1.54) is 0 Å². The number of hydrogen-bond donors (Lipinski definition) is 1. The number of ether oxygens (including phenoxy) is 1. The molecule has 0 amide bonds. The van der Waals surface area contributed by atoms with Crippen molar-refractivity contribution >= 4 is 5.97 Å². The fraction of sp³-hybridized carbons (Fsp3) is 0.474. The van der Waals surface area contributed by atoms with Crippen molar-refractivity contribution in [1.82, 2.24) is 9.55 Å². The van der Waals surface area contributed by atoms with Crippen molar-refractivity contribution in [3.05, 3.63) is 42.4 Å². The molecule has 0 radical (unpaired) electrons. The van der Waals surface area contributed by atoms with Gasteiger partial charge in [-0.25, -0.2) is 9.78 Å². The molecule has 5 heteroatoms. The zero-order chi connectivity index (χ0) is 16.9. The number of carbonyl (C=O) groups excluding carboxylic acids is 1. The van der Waals surface area contributed by atoms with Crippen LogP contribution in [-0.2, 0) is 4.74 Å². The second kappa shape index (κ2) is 7.62. The number of aliphatic hydroxyl groups excluding tert-OH is 1. The molecule has 0 unspecified atom stereocenters. The molecule has 1 aliphatic carbocycles. The van der Waals surface area contributed by atoms with Crippen LogP contribution in [0.4, 0.5) is 0 Å². The van der Waals surface area contributed by atoms with Crippen LogP contribution in [0, 0.1) is 0 Å². The van der Waals surface area contributed by atoms with Crippen LogP contribution >= 0.6 is 0 Å². The highest BCUT2D eigenvalue weighted by molar-refractivity contribution is 5.94. The summed E-state index contributed by atoms with van der Waals surface area (Å²) in [6.45, 7) is 2.10. The third kappa shape index (κ3) is 3.36. The van der Waals surface area contributed by atoms with E-state index in [-0.39, 0.29) is 6.04 Å². The Balaban J connectivity index is 2.07. The topological polar surface area (TPSA) is 64.3 Å². The van der Waals surface area contributed by atoms with E-state index in [1.807, 2.05) is 34.9 Å². The average molecular weight is 328 g/mol. The monoisotopic (exact) mass is 328 g/mol. The maximum atomic E-state index is 12.3. The first kappa shape index (κ1) is 16.7. The van der Waals surface area contributed by atoms with E-state index in [4.69, 9.17) is 4.74 Å². The Morgan fingerprint density at radius 2 is 2.00 bits per heavy atom. The van der Waals surface area contributed by atoms with Crippen molar-refractivity contribution < 1.29 is 14.6 Å². The van der Waals surface area contributed by atoms with Crippen LogP contribution in [0.15, 0.2) is 36.7 Å². The van der Waals surface area contributed by atoms with Gasteiger partial charge in [0.15, 0.2) is 5.69 Å². The van der Waals surface area contributed by atoms with Crippen LogP contribution < -0.4 is 0 Å². The van der Waals surface area contributed by atoms with Gasteiger partial charge in [0.1, 0.15) is 0 Å². The zero-order valence-electron chi connectivity index (χ0n) is 14.0. The van der Waals surface area contributed by atoms with Crippen molar-refractivity contribution in [1.29, 1.82) is 0 Å². The van der Waals surface area contributed by atoms with Crippen LogP contribution in [0.25, 0.3) is 11.3 Å². The van der Waals surface area contributed by atoms with E-state index in [1.54, 1.807) is 13.3 Å². The summed E-state index contributed by atoms with van der Waals surface area (Å²) >= 11 is 0. The van der Waals surface area contributed by atoms with Gasteiger partial charge >= 0.3 is 5.97 Å². The largest absolute Gasteiger partial charge is 0.461 e. The first-order valence-corrected chi connectivity index (χ1v) is 8.69. The molecule has 1 saturated carbocycles. The van der Waals surface area contributed by atoms with Crippen LogP contribution in [0.3, 0.4) is 0 Å². The fourth-order valence-electron chi connectivity index (χ4n) is 3.44. The van der Waals surface area contributed by atoms with Gasteiger partial charge in [0.2, 0.25) is 0 Å². The Kier molecular flexibility index (Phi) is 5.30. The lowest BCUT2D eigenvalue weighted by Gasteiger charge is -2.24. The van der Waals surface area contributed by atoms with Gasteiger partial charge in [-0.1, -0.05) is 49.6 Å². The van der Waals surface area contributed by atoms with Gasteiger partial charge in [-0.2, -0.15) is 0 Å². The molecule has 2 atom stereocenters. The van der Waals surface area contributed by atoms with Crippen LogP contribution in [-0.4, -0.2) is 33.3 Å². The van der Waals surface area contributed by atoms with Gasteiger partial charge in [-0.05, 0) is 19.8 Å². The number of aromatic nitrogens is 2. The molecule has 1 aromatic carbocycles. The van der Waals surface area contributed by atoms with Crippen molar-refractivity contribution in [2.45, 2.75) is 51.2 Å². The van der Waals surface area contributed by atoms with E-state index in [0.29, 0.717) is 12.3 Å². The van der Waals surface area contributed by atoms with Crippen molar-refractivity contribution in [3.8, 4) is 11.3 Å². The lowest BCUT2D eigenvalue weighted by atomic mass is 10.0. The molecule has 1 aliphatic rings. The van der Waals surface area contributed by atoms with E-state index in [0.717, 1.165) is 43.4 Å². The molecular formula is C19H24N2O3. The van der Waals surface area contributed by atoms with E-state index < -0.39 is 12.1 Å². The summed E-state index contributed by atoms with van der Waals surface area (Å²) in [5.41, 5.74) is 1.97. The van der Waals surface area contributed by atoms with Gasteiger partial charge in [0, 0.05) is 5.56 Å². The number of esters is 1. The van der Waals surface area contributed by atoms with E-state index in [2.05, 4.69) is 4.98 Å². The van der Waals surface area contributed by atoms with Gasteiger partial charge in [-0.3, -0.25) is 0 Å². The fourth-order valence-corrected chi connectivity index (χ4v) is 3.44. The number of rotatable bonds is 4. The summed E-state index contributed by atoms with van der Waals surface area (Å²) in [7, 11) is 0. The summed E-state index contributed by atoms with van der Waals surface area (Å²) in [5.74, 6) is -0.418. The Morgan fingerprint density at radius 3 is 2.75 bits per heavy atom.